The molecule has 0 spiro atoms. The van der Waals surface area contributed by atoms with Crippen molar-refractivity contribution in [2.24, 2.45) is 4.99 Å². The Balaban J connectivity index is 1.92. The zero-order chi connectivity index (χ0) is 14.6. The topological polar surface area (TPSA) is 36.4 Å². The minimum absolute atomic E-state index is 0.115. The molecule has 2 N–H and O–H groups in total. The summed E-state index contributed by atoms with van der Waals surface area (Å²) in [6.45, 7) is 4.32. The third-order valence-electron chi connectivity index (χ3n) is 3.28. The van der Waals surface area contributed by atoms with E-state index in [4.69, 9.17) is 0 Å². The lowest BCUT2D eigenvalue weighted by Crippen LogP contribution is -2.42. The first-order valence-corrected chi connectivity index (χ1v) is 6.66. The third kappa shape index (κ3) is 3.88. The van der Waals surface area contributed by atoms with Gasteiger partial charge in [-0.25, -0.2) is 0 Å². The SMILES string of the molecule is CC(CNC1=NCCCN1)c1ccc(C(F)(F)F)cc1. The second-order valence-electron chi connectivity index (χ2n) is 4.91. The van der Waals surface area contributed by atoms with Crippen LogP contribution in [0, 0.1) is 0 Å². The standard InChI is InChI=1S/C14H18F3N3/c1-10(9-20-13-18-7-2-8-19-13)11-3-5-12(6-4-11)14(15,16)17/h3-6,10H,2,7-9H2,1H3,(H2,18,19,20). The monoisotopic (exact) mass is 285 g/mol. The van der Waals surface area contributed by atoms with E-state index in [1.165, 1.54) is 12.1 Å². The Kier molecular flexibility index (Phi) is 4.52. The zero-order valence-corrected chi connectivity index (χ0v) is 11.3. The summed E-state index contributed by atoms with van der Waals surface area (Å²) in [5.74, 6) is 0.888. The summed E-state index contributed by atoms with van der Waals surface area (Å²) >= 11 is 0. The van der Waals surface area contributed by atoms with Gasteiger partial charge in [0, 0.05) is 19.6 Å². The molecule has 1 aliphatic heterocycles. The predicted octanol–water partition coefficient (Wildman–Crippen LogP) is 2.75. The van der Waals surface area contributed by atoms with Gasteiger partial charge in [0.1, 0.15) is 0 Å². The second kappa shape index (κ2) is 6.15. The quantitative estimate of drug-likeness (QED) is 0.896. The van der Waals surface area contributed by atoms with Gasteiger partial charge in [0.15, 0.2) is 5.96 Å². The molecule has 1 aromatic carbocycles. The molecule has 1 aliphatic rings. The van der Waals surface area contributed by atoms with Crippen molar-refractivity contribution in [2.45, 2.75) is 25.4 Å². The molecular weight excluding hydrogens is 267 g/mol. The molecule has 0 saturated carbocycles. The van der Waals surface area contributed by atoms with E-state index in [1.807, 2.05) is 6.92 Å². The summed E-state index contributed by atoms with van der Waals surface area (Å²) < 4.78 is 37.4. The van der Waals surface area contributed by atoms with E-state index in [0.29, 0.717) is 6.54 Å². The van der Waals surface area contributed by atoms with Crippen LogP contribution >= 0.6 is 0 Å². The smallest absolute Gasteiger partial charge is 0.356 e. The highest BCUT2D eigenvalue weighted by atomic mass is 19.4. The fourth-order valence-electron chi connectivity index (χ4n) is 2.02. The van der Waals surface area contributed by atoms with Crippen molar-refractivity contribution in [1.82, 2.24) is 10.6 Å². The normalized spacial score (nSPS) is 17.1. The van der Waals surface area contributed by atoms with Crippen molar-refractivity contribution in [3.63, 3.8) is 0 Å². The lowest BCUT2D eigenvalue weighted by Gasteiger charge is -2.19. The Morgan fingerprint density at radius 1 is 1.30 bits per heavy atom. The highest BCUT2D eigenvalue weighted by Gasteiger charge is 2.30. The highest BCUT2D eigenvalue weighted by Crippen LogP contribution is 2.30. The number of aliphatic imine (C=N–C) groups is 1. The molecule has 1 heterocycles. The Morgan fingerprint density at radius 2 is 2.00 bits per heavy atom. The number of alkyl halides is 3. The van der Waals surface area contributed by atoms with Gasteiger partial charge < -0.3 is 10.6 Å². The van der Waals surface area contributed by atoms with E-state index in [2.05, 4.69) is 15.6 Å². The molecule has 2 rings (SSSR count). The van der Waals surface area contributed by atoms with Crippen molar-refractivity contribution < 1.29 is 13.2 Å². The number of rotatable bonds is 3. The summed E-state index contributed by atoms with van der Waals surface area (Å²) in [5.41, 5.74) is 0.265. The van der Waals surface area contributed by atoms with Gasteiger partial charge in [0.25, 0.3) is 0 Å². The first kappa shape index (κ1) is 14.7. The maximum Gasteiger partial charge on any atom is 0.416 e. The number of hydrogen-bond acceptors (Lipinski definition) is 3. The number of guanidine groups is 1. The molecule has 1 atom stereocenters. The molecule has 0 aliphatic carbocycles. The summed E-state index contributed by atoms with van der Waals surface area (Å²) in [6, 6.07) is 5.32. The minimum Gasteiger partial charge on any atom is -0.356 e. The van der Waals surface area contributed by atoms with Crippen molar-refractivity contribution in [3.05, 3.63) is 35.4 Å². The molecule has 0 radical (unpaired) electrons. The van der Waals surface area contributed by atoms with Crippen LogP contribution in [-0.4, -0.2) is 25.6 Å². The first-order chi connectivity index (χ1) is 9.47. The molecular formula is C14H18F3N3. The lowest BCUT2D eigenvalue weighted by atomic mass is 10.00. The van der Waals surface area contributed by atoms with Crippen LogP contribution in [0.5, 0.6) is 0 Å². The van der Waals surface area contributed by atoms with Crippen LogP contribution in [0.4, 0.5) is 13.2 Å². The third-order valence-corrected chi connectivity index (χ3v) is 3.28. The van der Waals surface area contributed by atoms with Crippen LogP contribution < -0.4 is 10.6 Å². The molecule has 0 fully saturated rings. The van der Waals surface area contributed by atoms with E-state index >= 15 is 0 Å². The average Bonchev–Trinajstić information content (AvgIpc) is 2.45. The van der Waals surface area contributed by atoms with E-state index in [1.54, 1.807) is 0 Å². The van der Waals surface area contributed by atoms with Crippen LogP contribution in [-0.2, 0) is 6.18 Å². The van der Waals surface area contributed by atoms with Gasteiger partial charge in [-0.3, -0.25) is 4.99 Å². The predicted molar refractivity (Wildman–Crippen MR) is 72.8 cm³/mol. The number of nitrogens with zero attached hydrogens (tertiary/aromatic N) is 1. The van der Waals surface area contributed by atoms with Gasteiger partial charge in [-0.1, -0.05) is 19.1 Å². The van der Waals surface area contributed by atoms with Crippen LogP contribution in [0.1, 0.15) is 30.4 Å². The Labute approximate surface area is 116 Å². The molecule has 6 heteroatoms. The van der Waals surface area contributed by atoms with E-state index in [-0.39, 0.29) is 5.92 Å². The Bertz CT molecular complexity index is 466. The second-order valence-corrected chi connectivity index (χ2v) is 4.91. The summed E-state index contributed by atoms with van der Waals surface area (Å²) in [5, 5.41) is 6.33. The Hall–Kier alpha value is -1.72. The van der Waals surface area contributed by atoms with E-state index in [0.717, 1.165) is 43.2 Å². The molecule has 0 saturated heterocycles. The summed E-state index contributed by atoms with van der Waals surface area (Å²) in [6.07, 6.45) is -3.25. The number of nitrogens with one attached hydrogen (secondary N) is 2. The lowest BCUT2D eigenvalue weighted by molar-refractivity contribution is -0.137. The molecule has 0 aromatic heterocycles. The maximum absolute atomic E-state index is 12.5. The fourth-order valence-corrected chi connectivity index (χ4v) is 2.02. The molecule has 0 bridgehead atoms. The van der Waals surface area contributed by atoms with E-state index < -0.39 is 11.7 Å². The molecule has 110 valence electrons. The molecule has 1 unspecified atom stereocenters. The molecule has 20 heavy (non-hydrogen) atoms. The minimum atomic E-state index is -4.28. The number of benzene rings is 1. The largest absolute Gasteiger partial charge is 0.416 e. The number of hydrogen-bond donors (Lipinski definition) is 2. The van der Waals surface area contributed by atoms with Gasteiger partial charge in [-0.05, 0) is 30.0 Å². The molecule has 1 aromatic rings. The highest BCUT2D eigenvalue weighted by molar-refractivity contribution is 5.80. The van der Waals surface area contributed by atoms with Crippen LogP contribution in [0.25, 0.3) is 0 Å². The molecule has 3 nitrogen and oxygen atoms in total. The summed E-state index contributed by atoms with van der Waals surface area (Å²) in [4.78, 5) is 4.29. The van der Waals surface area contributed by atoms with Gasteiger partial charge in [-0.2, -0.15) is 13.2 Å². The van der Waals surface area contributed by atoms with Gasteiger partial charge in [0.05, 0.1) is 5.56 Å². The van der Waals surface area contributed by atoms with Crippen molar-refractivity contribution >= 4 is 5.96 Å². The summed E-state index contributed by atoms with van der Waals surface area (Å²) in [7, 11) is 0. The first-order valence-electron chi connectivity index (χ1n) is 6.66. The fraction of sp³-hybridized carbons (Fsp3) is 0.500. The van der Waals surface area contributed by atoms with Crippen molar-refractivity contribution in [1.29, 1.82) is 0 Å². The molecule has 0 amide bonds. The average molecular weight is 285 g/mol. The van der Waals surface area contributed by atoms with E-state index in [9.17, 15) is 13.2 Å². The Morgan fingerprint density at radius 3 is 2.55 bits per heavy atom. The van der Waals surface area contributed by atoms with Gasteiger partial charge >= 0.3 is 6.18 Å². The van der Waals surface area contributed by atoms with Crippen LogP contribution in [0.2, 0.25) is 0 Å². The van der Waals surface area contributed by atoms with Crippen molar-refractivity contribution in [3.8, 4) is 0 Å². The van der Waals surface area contributed by atoms with Crippen molar-refractivity contribution in [2.75, 3.05) is 19.6 Å². The van der Waals surface area contributed by atoms with Crippen LogP contribution in [0.15, 0.2) is 29.3 Å². The zero-order valence-electron chi connectivity index (χ0n) is 11.3. The maximum atomic E-state index is 12.5. The van der Waals surface area contributed by atoms with Gasteiger partial charge in [0.2, 0.25) is 0 Å². The number of halogens is 3. The van der Waals surface area contributed by atoms with Crippen LogP contribution in [0.3, 0.4) is 0 Å². The van der Waals surface area contributed by atoms with Gasteiger partial charge in [-0.15, -0.1) is 0 Å².